The topological polar surface area (TPSA) is 32.7 Å². The zero-order chi connectivity index (χ0) is 13.4. The van der Waals surface area contributed by atoms with Crippen molar-refractivity contribution in [2.24, 2.45) is 0 Å². The van der Waals surface area contributed by atoms with Crippen molar-refractivity contribution < 1.29 is 14.2 Å². The van der Waals surface area contributed by atoms with Crippen LogP contribution in [0.1, 0.15) is 37.9 Å². The van der Waals surface area contributed by atoms with Gasteiger partial charge in [0, 0.05) is 17.8 Å². The summed E-state index contributed by atoms with van der Waals surface area (Å²) in [5.41, 5.74) is 1.24. The highest BCUT2D eigenvalue weighted by atomic mass is 19.1. The quantitative estimate of drug-likeness (QED) is 0.892. The number of aliphatic hydroxyl groups excluding tert-OH is 1. The van der Waals surface area contributed by atoms with Crippen LogP contribution in [0.25, 0.3) is 0 Å². The molecular formula is C15H20FNO2. The van der Waals surface area contributed by atoms with E-state index in [-0.39, 0.29) is 11.9 Å². The van der Waals surface area contributed by atoms with Crippen LogP contribution < -0.4 is 4.90 Å². The fraction of sp³-hybridized carbons (Fsp3) is 0.600. The molecule has 1 aromatic rings. The SMILES string of the molecule is CC(O)c1c(F)cccc1N1CCOC2CCCC21. The monoisotopic (exact) mass is 265 g/mol. The summed E-state index contributed by atoms with van der Waals surface area (Å²) in [6.45, 7) is 3.07. The van der Waals surface area contributed by atoms with Gasteiger partial charge in [0.1, 0.15) is 5.82 Å². The maximum atomic E-state index is 14.0. The Bertz CT molecular complexity index is 463. The van der Waals surface area contributed by atoms with Gasteiger partial charge >= 0.3 is 0 Å². The number of aliphatic hydroxyl groups is 1. The number of rotatable bonds is 2. The summed E-state index contributed by atoms with van der Waals surface area (Å²) in [5, 5.41) is 9.86. The predicted molar refractivity (Wildman–Crippen MR) is 71.8 cm³/mol. The third-order valence-corrected chi connectivity index (χ3v) is 4.24. The summed E-state index contributed by atoms with van der Waals surface area (Å²) >= 11 is 0. The van der Waals surface area contributed by atoms with E-state index in [2.05, 4.69) is 4.90 Å². The molecule has 0 amide bonds. The van der Waals surface area contributed by atoms with Crippen molar-refractivity contribution in [3.05, 3.63) is 29.6 Å². The first kappa shape index (κ1) is 12.9. The molecule has 1 aliphatic carbocycles. The Kier molecular flexibility index (Phi) is 3.46. The van der Waals surface area contributed by atoms with Crippen LogP contribution in [0.15, 0.2) is 18.2 Å². The summed E-state index contributed by atoms with van der Waals surface area (Å²) in [7, 11) is 0. The van der Waals surface area contributed by atoms with E-state index >= 15 is 0 Å². The van der Waals surface area contributed by atoms with Gasteiger partial charge in [0.15, 0.2) is 0 Å². The maximum Gasteiger partial charge on any atom is 0.131 e. The van der Waals surface area contributed by atoms with Crippen LogP contribution in [0, 0.1) is 5.82 Å². The average molecular weight is 265 g/mol. The van der Waals surface area contributed by atoms with E-state index in [0.717, 1.165) is 31.5 Å². The first-order chi connectivity index (χ1) is 9.18. The van der Waals surface area contributed by atoms with Gasteiger partial charge in [-0.15, -0.1) is 0 Å². The van der Waals surface area contributed by atoms with Crippen molar-refractivity contribution in [3.8, 4) is 0 Å². The minimum absolute atomic E-state index is 0.263. The molecule has 3 unspecified atom stereocenters. The number of hydrogen-bond donors (Lipinski definition) is 1. The van der Waals surface area contributed by atoms with E-state index in [1.165, 1.54) is 6.07 Å². The van der Waals surface area contributed by atoms with E-state index in [9.17, 15) is 9.50 Å². The third kappa shape index (κ3) is 2.23. The second-order valence-electron chi connectivity index (χ2n) is 5.45. The lowest BCUT2D eigenvalue weighted by molar-refractivity contribution is 0.0253. The lowest BCUT2D eigenvalue weighted by Crippen LogP contribution is -2.49. The van der Waals surface area contributed by atoms with Gasteiger partial charge < -0.3 is 14.7 Å². The second kappa shape index (κ2) is 5.10. The first-order valence-electron chi connectivity index (χ1n) is 7.03. The summed E-state index contributed by atoms with van der Waals surface area (Å²) in [6.07, 6.45) is 2.80. The Labute approximate surface area is 113 Å². The highest BCUT2D eigenvalue weighted by Crippen LogP contribution is 2.37. The molecule has 1 heterocycles. The van der Waals surface area contributed by atoms with E-state index in [4.69, 9.17) is 4.74 Å². The van der Waals surface area contributed by atoms with Crippen LogP contribution in [0.2, 0.25) is 0 Å². The number of hydrogen-bond acceptors (Lipinski definition) is 3. The van der Waals surface area contributed by atoms with Crippen molar-refractivity contribution in [1.82, 2.24) is 0 Å². The van der Waals surface area contributed by atoms with E-state index < -0.39 is 6.10 Å². The Morgan fingerprint density at radius 2 is 2.26 bits per heavy atom. The van der Waals surface area contributed by atoms with E-state index in [1.807, 2.05) is 6.07 Å². The van der Waals surface area contributed by atoms with E-state index in [0.29, 0.717) is 18.2 Å². The van der Waals surface area contributed by atoms with Crippen molar-refractivity contribution in [2.45, 2.75) is 44.4 Å². The number of morpholine rings is 1. The van der Waals surface area contributed by atoms with Gasteiger partial charge in [-0.1, -0.05) is 6.07 Å². The first-order valence-corrected chi connectivity index (χ1v) is 7.03. The summed E-state index contributed by atoms with van der Waals surface area (Å²) < 4.78 is 19.8. The molecule has 1 aromatic carbocycles. The Morgan fingerprint density at radius 1 is 1.42 bits per heavy atom. The molecule has 0 bridgehead atoms. The highest BCUT2D eigenvalue weighted by molar-refractivity contribution is 5.56. The van der Waals surface area contributed by atoms with Crippen LogP contribution >= 0.6 is 0 Å². The lowest BCUT2D eigenvalue weighted by Gasteiger charge is -2.40. The molecule has 1 N–H and O–H groups in total. The van der Waals surface area contributed by atoms with Gasteiger partial charge in [-0.25, -0.2) is 4.39 Å². The second-order valence-corrected chi connectivity index (χ2v) is 5.45. The van der Waals surface area contributed by atoms with Crippen molar-refractivity contribution in [2.75, 3.05) is 18.1 Å². The molecule has 19 heavy (non-hydrogen) atoms. The zero-order valence-electron chi connectivity index (χ0n) is 11.2. The summed E-state index contributed by atoms with van der Waals surface area (Å²) in [5.74, 6) is -0.325. The summed E-state index contributed by atoms with van der Waals surface area (Å²) in [6, 6.07) is 5.37. The number of fused-ring (bicyclic) bond motifs is 1. The molecule has 3 nitrogen and oxygen atoms in total. The molecule has 1 saturated carbocycles. The molecule has 104 valence electrons. The standard InChI is InChI=1S/C15H20FNO2/c1-10(18)15-11(16)4-2-6-13(15)17-8-9-19-14-7-3-5-12(14)17/h2,4,6,10,12,14,18H,3,5,7-9H2,1H3. The Morgan fingerprint density at radius 3 is 3.05 bits per heavy atom. The van der Waals surface area contributed by atoms with Crippen LogP contribution in [0.3, 0.4) is 0 Å². The largest absolute Gasteiger partial charge is 0.389 e. The van der Waals surface area contributed by atoms with Crippen LogP contribution in [0.4, 0.5) is 10.1 Å². The Hall–Kier alpha value is -1.13. The molecule has 1 aliphatic heterocycles. The van der Waals surface area contributed by atoms with Gasteiger partial charge in [-0.05, 0) is 38.3 Å². The highest BCUT2D eigenvalue weighted by Gasteiger charge is 2.37. The number of ether oxygens (including phenoxy) is 1. The fourth-order valence-corrected chi connectivity index (χ4v) is 3.41. The predicted octanol–water partition coefficient (Wildman–Crippen LogP) is 2.64. The average Bonchev–Trinajstić information content (AvgIpc) is 2.85. The van der Waals surface area contributed by atoms with Crippen molar-refractivity contribution in [3.63, 3.8) is 0 Å². The molecule has 0 aromatic heterocycles. The van der Waals surface area contributed by atoms with Gasteiger partial charge in [0.05, 0.1) is 24.9 Å². The van der Waals surface area contributed by atoms with Gasteiger partial charge in [0.2, 0.25) is 0 Å². The number of anilines is 1. The maximum absolute atomic E-state index is 14.0. The van der Waals surface area contributed by atoms with Crippen LogP contribution in [-0.4, -0.2) is 30.4 Å². The number of benzene rings is 1. The third-order valence-electron chi connectivity index (χ3n) is 4.24. The van der Waals surface area contributed by atoms with Crippen LogP contribution in [0.5, 0.6) is 0 Å². The molecule has 0 spiro atoms. The van der Waals surface area contributed by atoms with Crippen LogP contribution in [-0.2, 0) is 4.74 Å². The molecule has 2 aliphatic rings. The normalized spacial score (nSPS) is 28.3. The molecular weight excluding hydrogens is 245 g/mol. The molecule has 3 rings (SSSR count). The minimum Gasteiger partial charge on any atom is -0.389 e. The van der Waals surface area contributed by atoms with E-state index in [1.54, 1.807) is 13.0 Å². The number of nitrogens with zero attached hydrogens (tertiary/aromatic N) is 1. The van der Waals surface area contributed by atoms with Crippen molar-refractivity contribution in [1.29, 1.82) is 0 Å². The van der Waals surface area contributed by atoms with Gasteiger partial charge in [0.25, 0.3) is 0 Å². The van der Waals surface area contributed by atoms with Crippen molar-refractivity contribution >= 4 is 5.69 Å². The molecule has 2 fully saturated rings. The fourth-order valence-electron chi connectivity index (χ4n) is 3.41. The smallest absolute Gasteiger partial charge is 0.131 e. The lowest BCUT2D eigenvalue weighted by atomic mass is 10.0. The Balaban J connectivity index is 1.99. The molecule has 0 radical (unpaired) electrons. The van der Waals surface area contributed by atoms with Gasteiger partial charge in [-0.3, -0.25) is 0 Å². The molecule has 1 saturated heterocycles. The van der Waals surface area contributed by atoms with Gasteiger partial charge in [-0.2, -0.15) is 0 Å². The molecule has 3 atom stereocenters. The molecule has 4 heteroatoms. The summed E-state index contributed by atoms with van der Waals surface area (Å²) in [4.78, 5) is 2.23. The minimum atomic E-state index is -0.793. The zero-order valence-corrected chi connectivity index (χ0v) is 11.2. The number of halogens is 1.